The molecule has 0 unspecified atom stereocenters. The van der Waals surface area contributed by atoms with E-state index in [2.05, 4.69) is 4.98 Å². The van der Waals surface area contributed by atoms with Crippen molar-refractivity contribution < 1.29 is 30.8 Å². The lowest BCUT2D eigenvalue weighted by Crippen LogP contribution is -2.34. The highest BCUT2D eigenvalue weighted by atomic mass is 19.4. The molecule has 0 amide bonds. The van der Waals surface area contributed by atoms with Gasteiger partial charge in [0.15, 0.2) is 6.39 Å². The van der Waals surface area contributed by atoms with Gasteiger partial charge in [0, 0.05) is 11.3 Å². The SMILES string of the molecule is CC.CF.N#Cc1ccc(N(Cc2cocn2)CC(F)(F)F)cc1C(F)F. The van der Waals surface area contributed by atoms with Crippen molar-refractivity contribution in [3.63, 3.8) is 0 Å². The quantitative estimate of drug-likeness (QED) is 0.613. The van der Waals surface area contributed by atoms with Gasteiger partial charge in [0.2, 0.25) is 0 Å². The molecular weight excluding hydrogens is 376 g/mol. The number of hydrogen-bond donors (Lipinski definition) is 0. The van der Waals surface area contributed by atoms with Crippen LogP contribution in [0.3, 0.4) is 0 Å². The van der Waals surface area contributed by atoms with Crippen molar-refractivity contribution in [1.29, 1.82) is 5.26 Å². The predicted octanol–water partition coefficient (Wildman–Crippen LogP) is 5.66. The average Bonchev–Trinajstić information content (AvgIpc) is 3.16. The van der Waals surface area contributed by atoms with Crippen LogP contribution in [0.25, 0.3) is 0 Å². The first-order valence-electron chi connectivity index (χ1n) is 7.69. The number of alkyl halides is 6. The van der Waals surface area contributed by atoms with E-state index < -0.39 is 24.7 Å². The zero-order valence-corrected chi connectivity index (χ0v) is 14.9. The van der Waals surface area contributed by atoms with Gasteiger partial charge < -0.3 is 9.32 Å². The van der Waals surface area contributed by atoms with E-state index in [1.54, 1.807) is 6.07 Å². The van der Waals surface area contributed by atoms with Crippen molar-refractivity contribution in [2.45, 2.75) is 33.0 Å². The summed E-state index contributed by atoms with van der Waals surface area (Å²) in [5.41, 5.74) is -0.758. The number of nitriles is 1. The molecule has 0 aliphatic rings. The van der Waals surface area contributed by atoms with Crippen molar-refractivity contribution in [1.82, 2.24) is 4.98 Å². The van der Waals surface area contributed by atoms with Gasteiger partial charge in [-0.05, 0) is 18.2 Å². The van der Waals surface area contributed by atoms with Crippen molar-refractivity contribution in [3.05, 3.63) is 47.7 Å². The lowest BCUT2D eigenvalue weighted by atomic mass is 10.1. The number of nitrogens with zero attached hydrogens (tertiary/aromatic N) is 3. The van der Waals surface area contributed by atoms with Crippen LogP contribution in [0.4, 0.5) is 32.0 Å². The maximum absolute atomic E-state index is 13.0. The molecule has 0 saturated carbocycles. The highest BCUT2D eigenvalue weighted by Gasteiger charge is 2.31. The van der Waals surface area contributed by atoms with E-state index in [0.29, 0.717) is 7.18 Å². The topological polar surface area (TPSA) is 53.1 Å². The van der Waals surface area contributed by atoms with Crippen molar-refractivity contribution in [3.8, 4) is 6.07 Å². The third-order valence-corrected chi connectivity index (χ3v) is 2.96. The van der Waals surface area contributed by atoms with E-state index >= 15 is 0 Å². The standard InChI is InChI=1S/C14H10F5N3O.C2H6.CH3F/c15-13(16)12-3-11(2-1-9(12)4-20)22(7-14(17,18)19)5-10-6-23-8-21-10;2*1-2/h1-3,6,8,13H,5,7H2;1-2H3;1H3. The summed E-state index contributed by atoms with van der Waals surface area (Å²) in [7, 11) is 0.500. The lowest BCUT2D eigenvalue weighted by molar-refractivity contribution is -0.120. The van der Waals surface area contributed by atoms with E-state index in [4.69, 9.17) is 9.68 Å². The molecule has 0 aliphatic heterocycles. The fraction of sp³-hybridized carbons (Fsp3) is 0.412. The maximum atomic E-state index is 13.0. The summed E-state index contributed by atoms with van der Waals surface area (Å²) in [6.07, 6.45) is -5.28. The predicted molar refractivity (Wildman–Crippen MR) is 88.1 cm³/mol. The van der Waals surface area contributed by atoms with E-state index in [9.17, 15) is 26.3 Å². The van der Waals surface area contributed by atoms with E-state index in [1.165, 1.54) is 12.3 Å². The smallest absolute Gasteiger partial charge is 0.405 e. The van der Waals surface area contributed by atoms with Gasteiger partial charge in [-0.2, -0.15) is 18.4 Å². The summed E-state index contributed by atoms with van der Waals surface area (Å²) in [6, 6.07) is 4.74. The third-order valence-electron chi connectivity index (χ3n) is 2.96. The molecule has 1 heterocycles. The number of hydrogen-bond acceptors (Lipinski definition) is 4. The third kappa shape index (κ3) is 8.02. The molecule has 4 nitrogen and oxygen atoms in total. The number of oxazole rings is 1. The van der Waals surface area contributed by atoms with Gasteiger partial charge in [-0.1, -0.05) is 13.8 Å². The molecule has 0 aliphatic carbocycles. The molecule has 2 rings (SSSR count). The largest absolute Gasteiger partial charge is 0.451 e. The Labute approximate surface area is 153 Å². The minimum Gasteiger partial charge on any atom is -0.451 e. The molecule has 10 heteroatoms. The monoisotopic (exact) mass is 395 g/mol. The van der Waals surface area contributed by atoms with E-state index in [-0.39, 0.29) is 23.5 Å². The molecule has 0 bridgehead atoms. The Balaban J connectivity index is 0.00000158. The van der Waals surface area contributed by atoms with Gasteiger partial charge in [0.25, 0.3) is 6.43 Å². The average molecular weight is 395 g/mol. The van der Waals surface area contributed by atoms with Gasteiger partial charge in [-0.25, -0.2) is 13.8 Å². The molecule has 1 aromatic heterocycles. The molecule has 1 aromatic carbocycles. The number of aromatic nitrogens is 1. The summed E-state index contributed by atoms with van der Waals surface area (Å²) < 4.78 is 78.3. The first kappa shape index (κ1) is 24.3. The molecular formula is C17H19F6N3O. The summed E-state index contributed by atoms with van der Waals surface area (Å²) >= 11 is 0. The Morgan fingerprint density at radius 3 is 2.30 bits per heavy atom. The zero-order valence-electron chi connectivity index (χ0n) is 14.9. The first-order chi connectivity index (χ1) is 12.8. The molecule has 2 aromatic rings. The first-order valence-corrected chi connectivity index (χ1v) is 7.69. The molecule has 0 radical (unpaired) electrons. The van der Waals surface area contributed by atoms with Gasteiger partial charge in [-0.15, -0.1) is 0 Å². The Bertz CT molecular complexity index is 696. The number of rotatable bonds is 5. The molecule has 150 valence electrons. The second kappa shape index (κ2) is 11.8. The molecule has 0 fully saturated rings. The normalized spacial score (nSPS) is 10.3. The van der Waals surface area contributed by atoms with Crippen LogP contribution in [0.2, 0.25) is 0 Å². The minimum absolute atomic E-state index is 0.0837. The highest BCUT2D eigenvalue weighted by molar-refractivity contribution is 5.54. The summed E-state index contributed by atoms with van der Waals surface area (Å²) in [4.78, 5) is 4.56. The van der Waals surface area contributed by atoms with E-state index in [0.717, 1.165) is 23.4 Å². The second-order valence-electron chi connectivity index (χ2n) is 4.64. The molecule has 0 atom stereocenters. The van der Waals surface area contributed by atoms with Crippen molar-refractivity contribution >= 4 is 5.69 Å². The minimum atomic E-state index is -4.54. The zero-order chi connectivity index (χ0) is 21.0. The Kier molecular flexibility index (Phi) is 10.6. The summed E-state index contributed by atoms with van der Waals surface area (Å²) in [6.45, 7) is 2.37. The number of benzene rings is 1. The van der Waals surface area contributed by atoms with Crippen molar-refractivity contribution in [2.75, 3.05) is 18.6 Å². The molecule has 0 spiro atoms. The van der Waals surface area contributed by atoms with Gasteiger partial charge in [0.05, 0.1) is 31.0 Å². The lowest BCUT2D eigenvalue weighted by Gasteiger charge is -2.25. The Morgan fingerprint density at radius 1 is 1.22 bits per heavy atom. The summed E-state index contributed by atoms with van der Waals surface area (Å²) in [5, 5.41) is 8.79. The van der Waals surface area contributed by atoms with Gasteiger partial charge in [-0.3, -0.25) is 4.39 Å². The van der Waals surface area contributed by atoms with Crippen LogP contribution in [0.15, 0.2) is 35.3 Å². The maximum Gasteiger partial charge on any atom is 0.405 e. The molecule has 0 N–H and O–H groups in total. The van der Waals surface area contributed by atoms with Crippen LogP contribution in [0, 0.1) is 11.3 Å². The fourth-order valence-electron chi connectivity index (χ4n) is 2.00. The number of halogens is 6. The van der Waals surface area contributed by atoms with Crippen molar-refractivity contribution in [2.24, 2.45) is 0 Å². The van der Waals surface area contributed by atoms with Gasteiger partial charge >= 0.3 is 6.18 Å². The van der Waals surface area contributed by atoms with Crippen LogP contribution in [-0.2, 0) is 6.54 Å². The van der Waals surface area contributed by atoms with Crippen LogP contribution >= 0.6 is 0 Å². The van der Waals surface area contributed by atoms with Crippen LogP contribution < -0.4 is 4.90 Å². The molecule has 0 saturated heterocycles. The fourth-order valence-corrected chi connectivity index (χ4v) is 2.00. The van der Waals surface area contributed by atoms with Crippen LogP contribution in [0.1, 0.15) is 37.1 Å². The molecule has 27 heavy (non-hydrogen) atoms. The second-order valence-corrected chi connectivity index (χ2v) is 4.64. The van der Waals surface area contributed by atoms with Crippen LogP contribution in [0.5, 0.6) is 0 Å². The van der Waals surface area contributed by atoms with Crippen LogP contribution in [-0.4, -0.2) is 24.9 Å². The van der Waals surface area contributed by atoms with E-state index in [1.807, 2.05) is 13.8 Å². The summed E-state index contributed by atoms with van der Waals surface area (Å²) in [5.74, 6) is 0. The Morgan fingerprint density at radius 2 is 1.85 bits per heavy atom. The Hall–Kier alpha value is -2.70. The highest BCUT2D eigenvalue weighted by Crippen LogP contribution is 2.30. The van der Waals surface area contributed by atoms with Gasteiger partial charge in [0.1, 0.15) is 12.8 Å². The number of anilines is 1.